The van der Waals surface area contributed by atoms with E-state index in [0.29, 0.717) is 33.1 Å². The number of carbonyl (C=O) groups is 1. The van der Waals surface area contributed by atoms with Gasteiger partial charge >= 0.3 is 5.69 Å². The van der Waals surface area contributed by atoms with E-state index in [9.17, 15) is 27.7 Å². The van der Waals surface area contributed by atoms with E-state index in [4.69, 9.17) is 0 Å². The second kappa shape index (κ2) is 6.22. The first kappa shape index (κ1) is 17.8. The van der Waals surface area contributed by atoms with E-state index in [1.807, 2.05) is 0 Å². The highest BCUT2D eigenvalue weighted by atomic mass is 32.2. The minimum atomic E-state index is -4.49. The first-order chi connectivity index (χ1) is 13.2. The molecule has 0 radical (unpaired) electrons. The summed E-state index contributed by atoms with van der Waals surface area (Å²) >= 11 is 0. The predicted octanol–water partition coefficient (Wildman–Crippen LogP) is 2.21. The maximum absolute atomic E-state index is 12.5. The number of phenols is 1. The molecule has 0 atom stereocenters. The van der Waals surface area contributed by atoms with Crippen LogP contribution >= 0.6 is 0 Å². The van der Waals surface area contributed by atoms with Gasteiger partial charge in [0.15, 0.2) is 0 Å². The number of rotatable bonds is 3. The number of aromatic nitrogens is 2. The third-order valence-corrected chi connectivity index (χ3v) is 5.07. The number of aromatic hydroxyl groups is 1. The highest BCUT2D eigenvalue weighted by molar-refractivity contribution is 7.85. The smallest absolute Gasteiger partial charge is 0.323 e. The summed E-state index contributed by atoms with van der Waals surface area (Å²) in [6, 6.07) is 11.3. The molecule has 0 fully saturated rings. The lowest BCUT2D eigenvalue weighted by Gasteiger charge is -2.09. The zero-order valence-electron chi connectivity index (χ0n) is 14.1. The van der Waals surface area contributed by atoms with Gasteiger partial charge in [0.25, 0.3) is 16.0 Å². The number of hydrogen-bond acceptors (Lipinski definition) is 5. The van der Waals surface area contributed by atoms with Crippen molar-refractivity contribution in [3.8, 4) is 5.75 Å². The molecule has 0 saturated carbocycles. The summed E-state index contributed by atoms with van der Waals surface area (Å²) in [5.41, 5.74) is 1.33. The molecule has 28 heavy (non-hydrogen) atoms. The second-order valence-corrected chi connectivity index (χ2v) is 7.57. The largest absolute Gasteiger partial charge is 0.507 e. The van der Waals surface area contributed by atoms with Crippen LogP contribution in [0.5, 0.6) is 5.75 Å². The van der Waals surface area contributed by atoms with Crippen LogP contribution in [0.15, 0.2) is 58.2 Å². The van der Waals surface area contributed by atoms with Gasteiger partial charge in [-0.25, -0.2) is 4.79 Å². The number of phenolic OH excluding ortho intramolecular Hbond substituents is 1. The Morgan fingerprint density at radius 3 is 2.46 bits per heavy atom. The van der Waals surface area contributed by atoms with Crippen LogP contribution in [0.4, 0.5) is 5.69 Å². The second-order valence-electron chi connectivity index (χ2n) is 6.15. The van der Waals surface area contributed by atoms with Crippen molar-refractivity contribution in [2.45, 2.75) is 4.90 Å². The number of benzene rings is 3. The lowest BCUT2D eigenvalue weighted by atomic mass is 10.1. The zero-order chi connectivity index (χ0) is 20.1. The quantitative estimate of drug-likeness (QED) is 0.333. The van der Waals surface area contributed by atoms with Crippen LogP contribution in [0.2, 0.25) is 0 Å². The van der Waals surface area contributed by atoms with Gasteiger partial charge in [-0.3, -0.25) is 9.35 Å². The van der Waals surface area contributed by atoms with E-state index in [1.165, 1.54) is 24.3 Å². The molecular formula is C18H13N3O6S. The van der Waals surface area contributed by atoms with Crippen LogP contribution in [0, 0.1) is 0 Å². The molecule has 10 heteroatoms. The van der Waals surface area contributed by atoms with Gasteiger partial charge in [-0.1, -0.05) is 0 Å². The van der Waals surface area contributed by atoms with Crippen LogP contribution < -0.4 is 11.0 Å². The maximum atomic E-state index is 12.5. The van der Waals surface area contributed by atoms with E-state index >= 15 is 0 Å². The van der Waals surface area contributed by atoms with Crippen molar-refractivity contribution in [3.05, 3.63) is 64.6 Å². The molecule has 0 bridgehead atoms. The number of nitrogens with one attached hydrogen (secondary N) is 3. The molecule has 5 N–H and O–H groups in total. The fourth-order valence-corrected chi connectivity index (χ4v) is 3.46. The van der Waals surface area contributed by atoms with Crippen LogP contribution in [-0.4, -0.2) is 34.0 Å². The highest BCUT2D eigenvalue weighted by Crippen LogP contribution is 2.30. The number of carbonyl (C=O) groups excluding carboxylic acids is 1. The highest BCUT2D eigenvalue weighted by Gasteiger charge is 2.14. The molecular weight excluding hydrogens is 386 g/mol. The minimum absolute atomic E-state index is 0.303. The van der Waals surface area contributed by atoms with Gasteiger partial charge in [0.1, 0.15) is 5.75 Å². The predicted molar refractivity (Wildman–Crippen MR) is 102 cm³/mol. The van der Waals surface area contributed by atoms with Crippen molar-refractivity contribution in [2.75, 3.05) is 5.32 Å². The van der Waals surface area contributed by atoms with E-state index in [-0.39, 0.29) is 11.4 Å². The van der Waals surface area contributed by atoms with E-state index in [0.717, 1.165) is 6.07 Å². The first-order valence-corrected chi connectivity index (χ1v) is 9.42. The molecule has 4 aromatic rings. The van der Waals surface area contributed by atoms with Crippen LogP contribution in [-0.2, 0) is 10.1 Å². The number of hydrogen-bond donors (Lipinski definition) is 5. The minimum Gasteiger partial charge on any atom is -0.507 e. The Labute approximate surface area is 157 Å². The van der Waals surface area contributed by atoms with E-state index in [2.05, 4.69) is 15.3 Å². The van der Waals surface area contributed by atoms with Gasteiger partial charge in [0.05, 0.1) is 15.9 Å². The molecule has 0 aliphatic rings. The average molecular weight is 399 g/mol. The molecule has 9 nitrogen and oxygen atoms in total. The SMILES string of the molecule is O=C(Nc1ccc2c(O)cc(S(=O)(=O)O)cc2c1)c1ccc2[nH]c(=O)[nH]c2c1. The summed E-state index contributed by atoms with van der Waals surface area (Å²) in [6.45, 7) is 0. The van der Waals surface area contributed by atoms with Gasteiger partial charge in [-0.2, -0.15) is 8.42 Å². The van der Waals surface area contributed by atoms with Gasteiger partial charge in [0.2, 0.25) is 0 Å². The van der Waals surface area contributed by atoms with Crippen LogP contribution in [0.1, 0.15) is 10.4 Å². The molecule has 1 heterocycles. The topological polar surface area (TPSA) is 152 Å². The third kappa shape index (κ3) is 3.21. The van der Waals surface area contributed by atoms with Gasteiger partial charge in [0, 0.05) is 22.7 Å². The molecule has 0 spiro atoms. The van der Waals surface area contributed by atoms with E-state index in [1.54, 1.807) is 18.2 Å². The van der Waals surface area contributed by atoms with Crippen molar-refractivity contribution in [1.29, 1.82) is 0 Å². The molecule has 0 saturated heterocycles. The Bertz CT molecular complexity index is 1420. The summed E-state index contributed by atoms with van der Waals surface area (Å²) in [6.07, 6.45) is 0. The van der Waals surface area contributed by atoms with Crippen molar-refractivity contribution in [2.24, 2.45) is 0 Å². The Balaban J connectivity index is 1.69. The summed E-state index contributed by atoms with van der Waals surface area (Å²) in [5, 5.41) is 13.3. The fraction of sp³-hybridized carbons (Fsp3) is 0. The molecule has 1 aromatic heterocycles. The van der Waals surface area contributed by atoms with Gasteiger partial charge in [-0.05, 0) is 47.9 Å². The lowest BCUT2D eigenvalue weighted by molar-refractivity contribution is 0.102. The summed E-state index contributed by atoms with van der Waals surface area (Å²) < 4.78 is 31.9. The number of H-pyrrole nitrogens is 2. The average Bonchev–Trinajstić information content (AvgIpc) is 2.99. The monoisotopic (exact) mass is 399 g/mol. The number of imidazole rings is 1. The third-order valence-electron chi connectivity index (χ3n) is 4.24. The maximum Gasteiger partial charge on any atom is 0.323 e. The Morgan fingerprint density at radius 2 is 1.71 bits per heavy atom. The molecule has 0 unspecified atom stereocenters. The summed E-state index contributed by atoms with van der Waals surface area (Å²) in [5.74, 6) is -0.761. The summed E-state index contributed by atoms with van der Waals surface area (Å²) in [7, 11) is -4.49. The van der Waals surface area contributed by atoms with E-state index < -0.39 is 20.9 Å². The standard InChI is InChI=1S/C18H13N3O6S/c22-16-8-12(28(25,26)27)6-10-5-11(2-3-13(10)16)19-17(23)9-1-4-14-15(7-9)21-18(24)20-14/h1-8,22H,(H,19,23)(H2,20,21,24)(H,25,26,27). The number of aromatic amines is 2. The van der Waals surface area contributed by atoms with Crippen molar-refractivity contribution >= 4 is 43.5 Å². The van der Waals surface area contributed by atoms with Gasteiger partial charge in [-0.15, -0.1) is 0 Å². The van der Waals surface area contributed by atoms with Crippen LogP contribution in [0.3, 0.4) is 0 Å². The number of fused-ring (bicyclic) bond motifs is 2. The molecule has 4 rings (SSSR count). The normalized spacial score (nSPS) is 11.8. The molecule has 1 amide bonds. The lowest BCUT2D eigenvalue weighted by Crippen LogP contribution is -2.11. The Hall–Kier alpha value is -3.63. The number of anilines is 1. The first-order valence-electron chi connectivity index (χ1n) is 7.98. The Kier molecular flexibility index (Phi) is 3.95. The van der Waals surface area contributed by atoms with Crippen LogP contribution in [0.25, 0.3) is 21.8 Å². The molecule has 0 aliphatic carbocycles. The van der Waals surface area contributed by atoms with Gasteiger partial charge < -0.3 is 20.4 Å². The fourth-order valence-electron chi connectivity index (χ4n) is 2.93. The van der Waals surface area contributed by atoms with Crippen molar-refractivity contribution < 1.29 is 22.9 Å². The van der Waals surface area contributed by atoms with Crippen molar-refractivity contribution in [1.82, 2.24) is 9.97 Å². The Morgan fingerprint density at radius 1 is 0.964 bits per heavy atom. The molecule has 3 aromatic carbocycles. The van der Waals surface area contributed by atoms with Crippen molar-refractivity contribution in [3.63, 3.8) is 0 Å². The summed E-state index contributed by atoms with van der Waals surface area (Å²) in [4.78, 5) is 28.5. The molecule has 0 aliphatic heterocycles. The zero-order valence-corrected chi connectivity index (χ0v) is 14.9. The number of amides is 1. The molecule has 142 valence electrons.